The van der Waals surface area contributed by atoms with Gasteiger partial charge in [0, 0.05) is 8.80 Å². The quantitative estimate of drug-likeness (QED) is 0.499. The van der Waals surface area contributed by atoms with Crippen molar-refractivity contribution in [3.8, 4) is 16.9 Å². The molecule has 1 nitrogen and oxygen atoms in total. The SMILES string of the molecule is CCC[Si]1CCC(c2ccccc2-c2ccc(OC(F)F)c(F)c2)CC1. The van der Waals surface area contributed by atoms with E-state index in [-0.39, 0.29) is 8.80 Å². The molecular weight excluding hydrogens is 353 g/mol. The second-order valence-electron chi connectivity index (χ2n) is 6.89. The number of hydrogen-bond acceptors (Lipinski definition) is 1. The zero-order valence-electron chi connectivity index (χ0n) is 15.0. The summed E-state index contributed by atoms with van der Waals surface area (Å²) in [4.78, 5) is 0. The first-order valence-corrected chi connectivity index (χ1v) is 11.4. The first kappa shape index (κ1) is 19.0. The van der Waals surface area contributed by atoms with Crippen molar-refractivity contribution >= 4 is 8.80 Å². The lowest BCUT2D eigenvalue weighted by Gasteiger charge is -2.29. The van der Waals surface area contributed by atoms with Crippen molar-refractivity contribution in [2.24, 2.45) is 0 Å². The summed E-state index contributed by atoms with van der Waals surface area (Å²) < 4.78 is 43.0. The standard InChI is InChI=1S/C21H24F3OSi/c1-2-11-26-12-9-15(10-13-26)17-5-3-4-6-18(17)16-7-8-20(19(22)14-16)25-21(23)24/h3-8,14-15,21H,2,9-13H2,1H3. The number of ether oxygens (including phenoxy) is 1. The van der Waals surface area contributed by atoms with E-state index in [1.807, 2.05) is 18.2 Å². The monoisotopic (exact) mass is 377 g/mol. The molecule has 3 rings (SSSR count). The molecule has 26 heavy (non-hydrogen) atoms. The van der Waals surface area contributed by atoms with Gasteiger partial charge in [-0.25, -0.2) is 4.39 Å². The van der Waals surface area contributed by atoms with Crippen LogP contribution in [-0.2, 0) is 0 Å². The van der Waals surface area contributed by atoms with Crippen molar-refractivity contribution in [3.63, 3.8) is 0 Å². The molecule has 1 radical (unpaired) electrons. The number of alkyl halides is 2. The minimum Gasteiger partial charge on any atom is -0.432 e. The summed E-state index contributed by atoms with van der Waals surface area (Å²) >= 11 is 0. The fourth-order valence-corrected chi connectivity index (χ4v) is 6.89. The average molecular weight is 378 g/mol. The van der Waals surface area contributed by atoms with Crippen molar-refractivity contribution in [3.05, 3.63) is 53.8 Å². The van der Waals surface area contributed by atoms with Crippen LogP contribution in [0.1, 0.15) is 37.7 Å². The maximum absolute atomic E-state index is 14.2. The Hall–Kier alpha value is -1.75. The lowest BCUT2D eigenvalue weighted by atomic mass is 9.87. The van der Waals surface area contributed by atoms with Crippen molar-refractivity contribution in [1.82, 2.24) is 0 Å². The molecule has 0 aromatic heterocycles. The Kier molecular flexibility index (Phi) is 6.41. The molecule has 0 N–H and O–H groups in total. The normalized spacial score (nSPS) is 16.2. The van der Waals surface area contributed by atoms with Crippen molar-refractivity contribution in [2.75, 3.05) is 0 Å². The molecule has 0 aliphatic carbocycles. The largest absolute Gasteiger partial charge is 0.432 e. The van der Waals surface area contributed by atoms with Crippen LogP contribution < -0.4 is 4.74 Å². The van der Waals surface area contributed by atoms with Gasteiger partial charge in [-0.15, -0.1) is 0 Å². The van der Waals surface area contributed by atoms with Gasteiger partial charge in [-0.3, -0.25) is 0 Å². The summed E-state index contributed by atoms with van der Waals surface area (Å²) in [7, 11) is -0.186. The highest BCUT2D eigenvalue weighted by Gasteiger charge is 2.25. The average Bonchev–Trinajstić information content (AvgIpc) is 2.64. The van der Waals surface area contributed by atoms with E-state index in [4.69, 9.17) is 0 Å². The lowest BCUT2D eigenvalue weighted by molar-refractivity contribution is -0.0521. The predicted molar refractivity (Wildman–Crippen MR) is 101 cm³/mol. The summed E-state index contributed by atoms with van der Waals surface area (Å²) in [6.07, 6.45) is 3.67. The summed E-state index contributed by atoms with van der Waals surface area (Å²) in [6, 6.07) is 16.4. The molecule has 0 amide bonds. The Balaban J connectivity index is 1.83. The predicted octanol–water partition coefficient (Wildman–Crippen LogP) is 6.88. The van der Waals surface area contributed by atoms with Gasteiger partial charge in [0.25, 0.3) is 0 Å². The second kappa shape index (κ2) is 8.76. The van der Waals surface area contributed by atoms with E-state index in [0.29, 0.717) is 11.5 Å². The van der Waals surface area contributed by atoms with Gasteiger partial charge in [0.1, 0.15) is 0 Å². The van der Waals surface area contributed by atoms with E-state index in [9.17, 15) is 13.2 Å². The summed E-state index contributed by atoms with van der Waals surface area (Å²) in [5, 5.41) is 0. The number of rotatable bonds is 6. The van der Waals surface area contributed by atoms with Gasteiger partial charge in [0.05, 0.1) is 0 Å². The van der Waals surface area contributed by atoms with E-state index in [1.54, 1.807) is 6.07 Å². The molecule has 139 valence electrons. The number of hydrogen-bond donors (Lipinski definition) is 0. The smallest absolute Gasteiger partial charge is 0.387 e. The highest BCUT2D eigenvalue weighted by atomic mass is 28.3. The van der Waals surface area contributed by atoms with Crippen LogP contribution in [-0.4, -0.2) is 15.4 Å². The first-order valence-electron chi connectivity index (χ1n) is 9.25. The Morgan fingerprint density at radius 1 is 1.12 bits per heavy atom. The van der Waals surface area contributed by atoms with Crippen LogP contribution in [0.15, 0.2) is 42.5 Å². The van der Waals surface area contributed by atoms with Gasteiger partial charge in [-0.05, 0) is 47.6 Å². The van der Waals surface area contributed by atoms with E-state index in [0.717, 1.165) is 5.56 Å². The topological polar surface area (TPSA) is 9.23 Å². The zero-order chi connectivity index (χ0) is 18.5. The molecule has 1 aliphatic rings. The Labute approximate surface area is 154 Å². The highest BCUT2D eigenvalue weighted by Crippen LogP contribution is 2.40. The fourth-order valence-electron chi connectivity index (χ4n) is 3.92. The third-order valence-corrected chi connectivity index (χ3v) is 8.35. The maximum Gasteiger partial charge on any atom is 0.387 e. The highest BCUT2D eigenvalue weighted by molar-refractivity contribution is 6.59. The number of benzene rings is 2. The first-order chi connectivity index (χ1) is 12.6. The Bertz CT molecular complexity index is 727. The molecule has 5 heteroatoms. The summed E-state index contributed by atoms with van der Waals surface area (Å²) in [6.45, 7) is -0.765. The van der Waals surface area contributed by atoms with E-state index >= 15 is 0 Å². The van der Waals surface area contributed by atoms with E-state index in [2.05, 4.69) is 17.7 Å². The Morgan fingerprint density at radius 2 is 1.85 bits per heavy atom. The van der Waals surface area contributed by atoms with Crippen LogP contribution in [0, 0.1) is 5.82 Å². The van der Waals surface area contributed by atoms with Crippen molar-refractivity contribution in [1.29, 1.82) is 0 Å². The van der Waals surface area contributed by atoms with E-state index in [1.165, 1.54) is 55.1 Å². The molecule has 0 spiro atoms. The van der Waals surface area contributed by atoms with Gasteiger partial charge in [-0.2, -0.15) is 8.78 Å². The van der Waals surface area contributed by atoms with Gasteiger partial charge in [0.15, 0.2) is 11.6 Å². The molecule has 0 saturated carbocycles. The minimum atomic E-state index is -3.02. The molecule has 1 fully saturated rings. The maximum atomic E-state index is 14.2. The van der Waals surface area contributed by atoms with Crippen LogP contribution in [0.4, 0.5) is 13.2 Å². The molecule has 2 aromatic rings. The molecule has 1 heterocycles. The third-order valence-electron chi connectivity index (χ3n) is 5.16. The summed E-state index contributed by atoms with van der Waals surface area (Å²) in [5.41, 5.74) is 2.95. The van der Waals surface area contributed by atoms with Crippen LogP contribution >= 0.6 is 0 Å². The molecule has 2 aromatic carbocycles. The molecule has 0 bridgehead atoms. The van der Waals surface area contributed by atoms with Crippen LogP contribution in [0.5, 0.6) is 5.75 Å². The minimum absolute atomic E-state index is 0.186. The fraction of sp³-hybridized carbons (Fsp3) is 0.429. The summed E-state index contributed by atoms with van der Waals surface area (Å²) in [5.74, 6) is -0.669. The molecule has 0 atom stereocenters. The lowest BCUT2D eigenvalue weighted by Crippen LogP contribution is -2.20. The van der Waals surface area contributed by atoms with Gasteiger partial charge in [-0.1, -0.05) is 61.8 Å². The Morgan fingerprint density at radius 3 is 2.50 bits per heavy atom. The zero-order valence-corrected chi connectivity index (χ0v) is 16.0. The van der Waals surface area contributed by atoms with Crippen LogP contribution in [0.3, 0.4) is 0 Å². The molecule has 1 aliphatic heterocycles. The van der Waals surface area contributed by atoms with Crippen molar-refractivity contribution in [2.45, 2.75) is 56.8 Å². The molecule has 1 saturated heterocycles. The second-order valence-corrected chi connectivity index (χ2v) is 9.89. The van der Waals surface area contributed by atoms with Gasteiger partial charge in [0.2, 0.25) is 0 Å². The third kappa shape index (κ3) is 4.50. The van der Waals surface area contributed by atoms with E-state index < -0.39 is 18.2 Å². The van der Waals surface area contributed by atoms with Crippen LogP contribution in [0.2, 0.25) is 18.1 Å². The molecule has 0 unspecified atom stereocenters. The van der Waals surface area contributed by atoms with Gasteiger partial charge >= 0.3 is 6.61 Å². The molecular formula is C21H24F3OSi. The number of halogens is 3. The van der Waals surface area contributed by atoms with Crippen molar-refractivity contribution < 1.29 is 17.9 Å². The van der Waals surface area contributed by atoms with Gasteiger partial charge < -0.3 is 4.74 Å². The van der Waals surface area contributed by atoms with Crippen LogP contribution in [0.25, 0.3) is 11.1 Å².